The van der Waals surface area contributed by atoms with Crippen LogP contribution >= 0.6 is 0 Å². The third-order valence-electron chi connectivity index (χ3n) is 2.45. The first-order chi connectivity index (χ1) is 9.22. The second-order valence-electron chi connectivity index (χ2n) is 3.83. The standard InChI is InChI=1S/C10H17N3O5S2/c1-12-19(14,15)6-5-13-20(16,17)10-4-3-8(11)7-9(10)18-2/h3-4,7,12-13H,5-6,11H2,1-2H3. The topological polar surface area (TPSA) is 128 Å². The van der Waals surface area contributed by atoms with Crippen molar-refractivity contribution in [2.24, 2.45) is 0 Å². The van der Waals surface area contributed by atoms with Crippen LogP contribution in [0.1, 0.15) is 0 Å². The summed E-state index contributed by atoms with van der Waals surface area (Å²) in [6.07, 6.45) is 0. The lowest BCUT2D eigenvalue weighted by molar-refractivity contribution is 0.402. The quantitative estimate of drug-likeness (QED) is 0.558. The van der Waals surface area contributed by atoms with E-state index in [1.165, 1.54) is 32.4 Å². The van der Waals surface area contributed by atoms with Crippen molar-refractivity contribution >= 4 is 25.7 Å². The maximum absolute atomic E-state index is 12.1. The summed E-state index contributed by atoms with van der Waals surface area (Å²) >= 11 is 0. The second kappa shape index (κ2) is 6.39. The van der Waals surface area contributed by atoms with Gasteiger partial charge < -0.3 is 10.5 Å². The molecule has 1 aromatic carbocycles. The molecule has 0 bridgehead atoms. The van der Waals surface area contributed by atoms with E-state index in [-0.39, 0.29) is 22.9 Å². The molecule has 0 radical (unpaired) electrons. The van der Waals surface area contributed by atoms with Gasteiger partial charge in [-0.25, -0.2) is 26.3 Å². The van der Waals surface area contributed by atoms with E-state index in [1.807, 2.05) is 0 Å². The molecule has 0 aliphatic carbocycles. The van der Waals surface area contributed by atoms with Crippen molar-refractivity contribution in [3.8, 4) is 5.75 Å². The first-order valence-electron chi connectivity index (χ1n) is 5.56. The third kappa shape index (κ3) is 4.34. The summed E-state index contributed by atoms with van der Waals surface area (Å²) in [5.74, 6) is -0.269. The smallest absolute Gasteiger partial charge is 0.244 e. The molecule has 8 nitrogen and oxygen atoms in total. The number of ether oxygens (including phenoxy) is 1. The van der Waals surface area contributed by atoms with Crippen LogP contribution in [-0.4, -0.2) is 43.3 Å². The van der Waals surface area contributed by atoms with Crippen LogP contribution in [0.5, 0.6) is 5.75 Å². The van der Waals surface area contributed by atoms with Gasteiger partial charge in [0.15, 0.2) is 0 Å². The summed E-state index contributed by atoms with van der Waals surface area (Å²) in [7, 11) is -4.77. The van der Waals surface area contributed by atoms with Gasteiger partial charge in [-0.05, 0) is 19.2 Å². The average molecular weight is 323 g/mol. The predicted octanol–water partition coefficient (Wildman–Crippen LogP) is -0.895. The molecule has 0 aromatic heterocycles. The monoisotopic (exact) mass is 323 g/mol. The normalized spacial score (nSPS) is 12.3. The summed E-state index contributed by atoms with van der Waals surface area (Å²) in [4.78, 5) is -0.101. The first-order valence-corrected chi connectivity index (χ1v) is 8.70. The van der Waals surface area contributed by atoms with E-state index in [4.69, 9.17) is 10.5 Å². The van der Waals surface area contributed by atoms with Crippen LogP contribution < -0.4 is 19.9 Å². The number of anilines is 1. The zero-order valence-corrected chi connectivity index (χ0v) is 12.7. The van der Waals surface area contributed by atoms with Crippen molar-refractivity contribution in [1.29, 1.82) is 0 Å². The van der Waals surface area contributed by atoms with Gasteiger partial charge in [-0.1, -0.05) is 0 Å². The number of methoxy groups -OCH3 is 1. The van der Waals surface area contributed by atoms with Crippen molar-refractivity contribution in [3.63, 3.8) is 0 Å². The second-order valence-corrected chi connectivity index (χ2v) is 7.61. The molecule has 0 fully saturated rings. The molecule has 4 N–H and O–H groups in total. The van der Waals surface area contributed by atoms with Gasteiger partial charge in [-0.15, -0.1) is 0 Å². The molecule has 114 valence electrons. The number of benzene rings is 1. The Morgan fingerprint density at radius 1 is 1.25 bits per heavy atom. The Kier molecular flexibility index (Phi) is 5.34. The molecule has 1 aromatic rings. The van der Waals surface area contributed by atoms with E-state index in [9.17, 15) is 16.8 Å². The Bertz CT molecular complexity index is 670. The highest BCUT2D eigenvalue weighted by Crippen LogP contribution is 2.25. The van der Waals surface area contributed by atoms with E-state index in [2.05, 4.69) is 9.44 Å². The van der Waals surface area contributed by atoms with Gasteiger partial charge in [-0.2, -0.15) is 0 Å². The van der Waals surface area contributed by atoms with Crippen LogP contribution in [0, 0.1) is 0 Å². The highest BCUT2D eigenvalue weighted by atomic mass is 32.2. The van der Waals surface area contributed by atoms with Crippen molar-refractivity contribution in [2.45, 2.75) is 4.90 Å². The van der Waals surface area contributed by atoms with Crippen LogP contribution in [0.15, 0.2) is 23.1 Å². The fourth-order valence-electron chi connectivity index (χ4n) is 1.40. The lowest BCUT2D eigenvalue weighted by Gasteiger charge is -2.11. The molecule has 1 rings (SSSR count). The summed E-state index contributed by atoms with van der Waals surface area (Å²) in [5.41, 5.74) is 5.90. The predicted molar refractivity (Wildman–Crippen MR) is 75.4 cm³/mol. The number of nitrogen functional groups attached to an aromatic ring is 1. The molecule has 0 aliphatic rings. The molecule has 20 heavy (non-hydrogen) atoms. The molecule has 0 aliphatic heterocycles. The van der Waals surface area contributed by atoms with Crippen molar-refractivity contribution in [2.75, 3.05) is 32.2 Å². The van der Waals surface area contributed by atoms with Crippen molar-refractivity contribution in [3.05, 3.63) is 18.2 Å². The van der Waals surface area contributed by atoms with E-state index in [0.717, 1.165) is 0 Å². The lowest BCUT2D eigenvalue weighted by Crippen LogP contribution is -2.33. The summed E-state index contributed by atoms with van der Waals surface area (Å²) in [5, 5.41) is 0. The number of hydrogen-bond donors (Lipinski definition) is 3. The maximum Gasteiger partial charge on any atom is 0.244 e. The fraction of sp³-hybridized carbons (Fsp3) is 0.400. The minimum atomic E-state index is -3.87. The minimum Gasteiger partial charge on any atom is -0.495 e. The Hall–Kier alpha value is -1.36. The molecular weight excluding hydrogens is 306 g/mol. The summed E-state index contributed by atoms with van der Waals surface area (Å²) in [6, 6.07) is 4.09. The molecule has 0 atom stereocenters. The third-order valence-corrected chi connectivity index (χ3v) is 5.32. The highest BCUT2D eigenvalue weighted by molar-refractivity contribution is 7.90. The molecule has 0 saturated carbocycles. The fourth-order valence-corrected chi connectivity index (χ4v) is 3.28. The molecule has 0 spiro atoms. The van der Waals surface area contributed by atoms with Gasteiger partial charge in [0.25, 0.3) is 0 Å². The first kappa shape index (κ1) is 16.7. The number of hydrogen-bond acceptors (Lipinski definition) is 6. The van der Waals surface area contributed by atoms with Crippen LogP contribution in [0.2, 0.25) is 0 Å². The molecular formula is C10H17N3O5S2. The van der Waals surface area contributed by atoms with Crippen LogP contribution in [0.4, 0.5) is 5.69 Å². The van der Waals surface area contributed by atoms with Crippen molar-refractivity contribution in [1.82, 2.24) is 9.44 Å². The van der Waals surface area contributed by atoms with Gasteiger partial charge >= 0.3 is 0 Å². The molecule has 0 unspecified atom stereocenters. The van der Waals surface area contributed by atoms with Gasteiger partial charge in [0.1, 0.15) is 10.6 Å². The lowest BCUT2D eigenvalue weighted by atomic mass is 10.3. The maximum atomic E-state index is 12.1. The SMILES string of the molecule is CNS(=O)(=O)CCNS(=O)(=O)c1ccc(N)cc1OC. The van der Waals surface area contributed by atoms with Crippen LogP contribution in [-0.2, 0) is 20.0 Å². The highest BCUT2D eigenvalue weighted by Gasteiger charge is 2.20. The minimum absolute atomic E-state index is 0.0916. The zero-order chi connectivity index (χ0) is 15.4. The Morgan fingerprint density at radius 2 is 1.90 bits per heavy atom. The van der Waals surface area contributed by atoms with Gasteiger partial charge in [0, 0.05) is 18.3 Å². The number of sulfonamides is 2. The number of rotatable bonds is 7. The zero-order valence-electron chi connectivity index (χ0n) is 11.1. The van der Waals surface area contributed by atoms with Gasteiger partial charge in [0.05, 0.1) is 12.9 Å². The van der Waals surface area contributed by atoms with E-state index >= 15 is 0 Å². The van der Waals surface area contributed by atoms with E-state index in [0.29, 0.717) is 5.69 Å². The van der Waals surface area contributed by atoms with Crippen molar-refractivity contribution < 1.29 is 21.6 Å². The van der Waals surface area contributed by atoms with Crippen LogP contribution in [0.25, 0.3) is 0 Å². The molecule has 0 amide bonds. The molecule has 0 heterocycles. The van der Waals surface area contributed by atoms with Crippen LogP contribution in [0.3, 0.4) is 0 Å². The molecule has 0 saturated heterocycles. The number of nitrogens with two attached hydrogens (primary N) is 1. The Morgan fingerprint density at radius 3 is 2.45 bits per heavy atom. The Labute approximate surface area is 118 Å². The number of nitrogens with one attached hydrogen (secondary N) is 2. The molecule has 10 heteroatoms. The van der Waals surface area contributed by atoms with E-state index < -0.39 is 20.0 Å². The summed E-state index contributed by atoms with van der Waals surface area (Å²) < 4.78 is 55.7. The Balaban J connectivity index is 2.90. The van der Waals surface area contributed by atoms with Gasteiger partial charge in [0.2, 0.25) is 20.0 Å². The largest absolute Gasteiger partial charge is 0.495 e. The average Bonchev–Trinajstić information content (AvgIpc) is 2.37. The van der Waals surface area contributed by atoms with E-state index in [1.54, 1.807) is 0 Å². The van der Waals surface area contributed by atoms with Gasteiger partial charge in [-0.3, -0.25) is 0 Å². The summed E-state index contributed by atoms with van der Waals surface area (Å²) in [6.45, 7) is -0.251.